The zero-order valence-corrected chi connectivity index (χ0v) is 12.2. The Balaban J connectivity index is 2.23. The number of pyridine rings is 1. The fraction of sp³-hybridized carbons (Fsp3) is 0.143. The first kappa shape index (κ1) is 13.8. The van der Waals surface area contributed by atoms with Crippen LogP contribution < -0.4 is 11.1 Å². The van der Waals surface area contributed by atoms with E-state index in [2.05, 4.69) is 10.3 Å². The van der Waals surface area contributed by atoms with Gasteiger partial charge in [-0.1, -0.05) is 18.3 Å². The van der Waals surface area contributed by atoms with Gasteiger partial charge < -0.3 is 11.1 Å². The molecule has 1 aromatic carbocycles. The molecule has 3 nitrogen and oxygen atoms in total. The maximum Gasteiger partial charge on any atom is 0.107 e. The highest BCUT2D eigenvalue weighted by Gasteiger charge is 2.10. The molecule has 98 valence electrons. The number of aromatic nitrogens is 1. The largest absolute Gasteiger partial charge is 0.389 e. The van der Waals surface area contributed by atoms with Gasteiger partial charge in [0.1, 0.15) is 4.99 Å². The first-order valence-corrected chi connectivity index (χ1v) is 7.45. The van der Waals surface area contributed by atoms with Crippen molar-refractivity contribution in [3.05, 3.63) is 53.9 Å². The topological polar surface area (TPSA) is 50.9 Å². The fourth-order valence-electron chi connectivity index (χ4n) is 1.80. The van der Waals surface area contributed by atoms with E-state index in [-0.39, 0.29) is 0 Å². The van der Waals surface area contributed by atoms with Crippen molar-refractivity contribution in [2.75, 3.05) is 11.6 Å². The van der Waals surface area contributed by atoms with Gasteiger partial charge in [-0.25, -0.2) is 0 Å². The van der Waals surface area contributed by atoms with Crippen molar-refractivity contribution in [1.29, 1.82) is 0 Å². The van der Waals surface area contributed by atoms with E-state index in [1.54, 1.807) is 24.2 Å². The van der Waals surface area contributed by atoms with Crippen LogP contribution in [0.1, 0.15) is 11.1 Å². The van der Waals surface area contributed by atoms with E-state index in [0.29, 0.717) is 4.99 Å². The molecule has 0 radical (unpaired) electrons. The number of nitrogens with two attached hydrogens (primary N) is 1. The molecule has 0 aliphatic rings. The summed E-state index contributed by atoms with van der Waals surface area (Å²) >= 11 is 6.79. The normalized spacial score (nSPS) is 10.2. The standard InChI is InChI=1S/C14H15N3S2/c1-19-12-4-2-3-11(13(12)14(15)18)17-9-10-5-7-16-8-6-10/h2-8,17H,9H2,1H3,(H2,15,18). The van der Waals surface area contributed by atoms with Gasteiger partial charge >= 0.3 is 0 Å². The quantitative estimate of drug-likeness (QED) is 0.654. The molecule has 0 spiro atoms. The van der Waals surface area contributed by atoms with Crippen LogP contribution in [-0.2, 0) is 6.54 Å². The summed E-state index contributed by atoms with van der Waals surface area (Å²) in [6.45, 7) is 0.718. The highest BCUT2D eigenvalue weighted by molar-refractivity contribution is 7.98. The van der Waals surface area contributed by atoms with Crippen LogP contribution >= 0.6 is 24.0 Å². The molecule has 0 unspecified atom stereocenters. The summed E-state index contributed by atoms with van der Waals surface area (Å²) in [5, 5.41) is 3.38. The van der Waals surface area contributed by atoms with Crippen molar-refractivity contribution in [2.24, 2.45) is 5.73 Å². The number of nitrogens with one attached hydrogen (secondary N) is 1. The summed E-state index contributed by atoms with van der Waals surface area (Å²) in [6.07, 6.45) is 5.58. The molecule has 1 heterocycles. The Morgan fingerprint density at radius 2 is 2.05 bits per heavy atom. The minimum atomic E-state index is 0.419. The third kappa shape index (κ3) is 3.45. The minimum absolute atomic E-state index is 0.419. The van der Waals surface area contributed by atoms with Crippen LogP contribution in [0.25, 0.3) is 0 Å². The second-order valence-electron chi connectivity index (χ2n) is 3.96. The smallest absolute Gasteiger partial charge is 0.107 e. The summed E-state index contributed by atoms with van der Waals surface area (Å²) in [4.78, 5) is 5.51. The monoisotopic (exact) mass is 289 g/mol. The molecule has 1 aromatic heterocycles. The van der Waals surface area contributed by atoms with Crippen molar-refractivity contribution >= 4 is 34.7 Å². The summed E-state index contributed by atoms with van der Waals surface area (Å²) in [6, 6.07) is 9.98. The van der Waals surface area contributed by atoms with Crippen LogP contribution in [-0.4, -0.2) is 16.2 Å². The van der Waals surface area contributed by atoms with Crippen molar-refractivity contribution in [3.8, 4) is 0 Å². The molecule has 0 aliphatic carbocycles. The van der Waals surface area contributed by atoms with Crippen LogP contribution in [0.15, 0.2) is 47.6 Å². The van der Waals surface area contributed by atoms with Gasteiger partial charge in [0.2, 0.25) is 0 Å². The maximum absolute atomic E-state index is 5.83. The number of hydrogen-bond acceptors (Lipinski definition) is 4. The van der Waals surface area contributed by atoms with Gasteiger partial charge in [0.05, 0.1) is 0 Å². The van der Waals surface area contributed by atoms with E-state index in [9.17, 15) is 0 Å². The molecule has 0 saturated carbocycles. The zero-order valence-electron chi connectivity index (χ0n) is 10.6. The van der Waals surface area contributed by atoms with Crippen LogP contribution in [0.3, 0.4) is 0 Å². The Morgan fingerprint density at radius 3 is 2.68 bits per heavy atom. The van der Waals surface area contributed by atoms with Gasteiger partial charge in [-0.2, -0.15) is 0 Å². The average Bonchev–Trinajstić information content (AvgIpc) is 2.45. The molecule has 19 heavy (non-hydrogen) atoms. The Bertz CT molecular complexity index is 570. The molecule has 0 atom stereocenters. The predicted octanol–water partition coefficient (Wildman–Crippen LogP) is 3.05. The van der Waals surface area contributed by atoms with E-state index in [1.165, 1.54) is 5.56 Å². The Kier molecular flexibility index (Phi) is 4.76. The Labute approximate surface area is 122 Å². The number of thioether (sulfide) groups is 1. The Hall–Kier alpha value is -1.59. The Morgan fingerprint density at radius 1 is 1.32 bits per heavy atom. The molecule has 0 aliphatic heterocycles. The predicted molar refractivity (Wildman–Crippen MR) is 85.7 cm³/mol. The van der Waals surface area contributed by atoms with Gasteiger partial charge in [0.25, 0.3) is 0 Å². The number of thiocarbonyl (C=S) groups is 1. The second-order valence-corrected chi connectivity index (χ2v) is 5.24. The van der Waals surface area contributed by atoms with Crippen molar-refractivity contribution in [2.45, 2.75) is 11.4 Å². The molecular formula is C14H15N3S2. The molecular weight excluding hydrogens is 274 g/mol. The van der Waals surface area contributed by atoms with Crippen LogP contribution in [0.4, 0.5) is 5.69 Å². The first-order valence-electron chi connectivity index (χ1n) is 5.82. The van der Waals surface area contributed by atoms with Gasteiger partial charge in [0.15, 0.2) is 0 Å². The molecule has 2 rings (SSSR count). The maximum atomic E-state index is 5.83. The van der Waals surface area contributed by atoms with Crippen molar-refractivity contribution in [3.63, 3.8) is 0 Å². The number of rotatable bonds is 5. The lowest BCUT2D eigenvalue weighted by atomic mass is 10.1. The van der Waals surface area contributed by atoms with Gasteiger partial charge in [-0.05, 0) is 36.1 Å². The van der Waals surface area contributed by atoms with Crippen LogP contribution in [0.2, 0.25) is 0 Å². The first-order chi connectivity index (χ1) is 9.22. The van der Waals surface area contributed by atoms with E-state index >= 15 is 0 Å². The second kappa shape index (κ2) is 6.54. The average molecular weight is 289 g/mol. The van der Waals surface area contributed by atoms with E-state index in [0.717, 1.165) is 22.7 Å². The van der Waals surface area contributed by atoms with Crippen molar-refractivity contribution < 1.29 is 0 Å². The number of anilines is 1. The van der Waals surface area contributed by atoms with Gasteiger partial charge in [-0.3, -0.25) is 4.98 Å². The number of nitrogens with zero attached hydrogens (tertiary/aromatic N) is 1. The molecule has 0 amide bonds. The van der Waals surface area contributed by atoms with E-state index in [4.69, 9.17) is 18.0 Å². The lowest BCUT2D eigenvalue weighted by molar-refractivity contribution is 1.12. The van der Waals surface area contributed by atoms with E-state index < -0.39 is 0 Å². The van der Waals surface area contributed by atoms with E-state index in [1.807, 2.05) is 36.6 Å². The van der Waals surface area contributed by atoms with Crippen LogP contribution in [0.5, 0.6) is 0 Å². The fourth-order valence-corrected chi connectivity index (χ4v) is 2.72. The molecule has 0 bridgehead atoms. The molecule has 3 N–H and O–H groups in total. The molecule has 0 fully saturated rings. The minimum Gasteiger partial charge on any atom is -0.389 e. The molecule has 0 saturated heterocycles. The number of benzene rings is 1. The SMILES string of the molecule is CSc1cccc(NCc2ccncc2)c1C(N)=S. The van der Waals surface area contributed by atoms with Crippen molar-refractivity contribution in [1.82, 2.24) is 4.98 Å². The highest BCUT2D eigenvalue weighted by Crippen LogP contribution is 2.27. The third-order valence-corrected chi connectivity index (χ3v) is 3.71. The van der Waals surface area contributed by atoms with Gasteiger partial charge in [-0.15, -0.1) is 11.8 Å². The lowest BCUT2D eigenvalue weighted by Gasteiger charge is -2.14. The summed E-state index contributed by atoms with van der Waals surface area (Å²) in [7, 11) is 0. The summed E-state index contributed by atoms with van der Waals surface area (Å²) < 4.78 is 0. The summed E-state index contributed by atoms with van der Waals surface area (Å²) in [5.74, 6) is 0. The summed E-state index contributed by atoms with van der Waals surface area (Å²) in [5.41, 5.74) is 8.88. The lowest BCUT2D eigenvalue weighted by Crippen LogP contribution is -2.14. The molecule has 5 heteroatoms. The number of hydrogen-bond donors (Lipinski definition) is 2. The zero-order chi connectivity index (χ0) is 13.7. The third-order valence-electron chi connectivity index (χ3n) is 2.72. The highest BCUT2D eigenvalue weighted by atomic mass is 32.2. The van der Waals surface area contributed by atoms with Gasteiger partial charge in [0, 0.05) is 35.1 Å². The molecule has 2 aromatic rings. The van der Waals surface area contributed by atoms with Crippen LogP contribution in [0, 0.1) is 0 Å².